The standard InChI is InChI=1S/C19H29NO4/c1-2-22-17-11-6-7-12-18(17)24-15-19(21)20-13-8-14-23-16-9-4-3-5-10-16/h6-7,11-12,16H,2-5,8-10,13-15H2,1H3,(H,20,21). The summed E-state index contributed by atoms with van der Waals surface area (Å²) >= 11 is 0. The maximum absolute atomic E-state index is 11.8. The Morgan fingerprint density at radius 3 is 2.54 bits per heavy atom. The second-order valence-electron chi connectivity index (χ2n) is 6.00. The molecule has 0 saturated heterocycles. The third-order valence-corrected chi connectivity index (χ3v) is 4.06. The first-order valence-electron chi connectivity index (χ1n) is 9.02. The molecule has 1 aromatic rings. The van der Waals surface area contributed by atoms with Crippen molar-refractivity contribution in [2.45, 2.75) is 51.6 Å². The normalized spacial score (nSPS) is 15.0. The summed E-state index contributed by atoms with van der Waals surface area (Å²) < 4.78 is 16.8. The van der Waals surface area contributed by atoms with Crippen LogP contribution in [0.5, 0.6) is 11.5 Å². The molecular formula is C19H29NO4. The number of carbonyl (C=O) groups excluding carboxylic acids is 1. The van der Waals surface area contributed by atoms with Crippen molar-refractivity contribution in [3.63, 3.8) is 0 Å². The predicted molar refractivity (Wildman–Crippen MR) is 93.6 cm³/mol. The molecule has 134 valence electrons. The van der Waals surface area contributed by atoms with Crippen LogP contribution < -0.4 is 14.8 Å². The van der Waals surface area contributed by atoms with Crippen molar-refractivity contribution >= 4 is 5.91 Å². The molecule has 1 N–H and O–H groups in total. The molecule has 0 spiro atoms. The molecule has 1 fully saturated rings. The van der Waals surface area contributed by atoms with E-state index in [0.29, 0.717) is 37.4 Å². The average molecular weight is 335 g/mol. The summed E-state index contributed by atoms with van der Waals surface area (Å²) in [6, 6.07) is 7.37. The maximum Gasteiger partial charge on any atom is 0.257 e. The van der Waals surface area contributed by atoms with Gasteiger partial charge in [0.05, 0.1) is 12.7 Å². The molecule has 0 unspecified atom stereocenters. The lowest BCUT2D eigenvalue weighted by molar-refractivity contribution is -0.123. The van der Waals surface area contributed by atoms with Crippen molar-refractivity contribution in [2.24, 2.45) is 0 Å². The highest BCUT2D eigenvalue weighted by Gasteiger charge is 2.13. The molecular weight excluding hydrogens is 306 g/mol. The summed E-state index contributed by atoms with van der Waals surface area (Å²) in [5, 5.41) is 2.86. The third kappa shape index (κ3) is 6.79. The Morgan fingerprint density at radius 2 is 1.83 bits per heavy atom. The van der Waals surface area contributed by atoms with Crippen LogP contribution in [0.1, 0.15) is 45.4 Å². The Kier molecular flexibility index (Phi) is 8.46. The molecule has 1 aliphatic rings. The van der Waals surface area contributed by atoms with Crippen LogP contribution in [0.4, 0.5) is 0 Å². The molecule has 5 nitrogen and oxygen atoms in total. The zero-order valence-corrected chi connectivity index (χ0v) is 14.6. The van der Waals surface area contributed by atoms with Crippen molar-refractivity contribution in [1.29, 1.82) is 0 Å². The average Bonchev–Trinajstić information content (AvgIpc) is 2.62. The number of nitrogens with one attached hydrogen (secondary N) is 1. The minimum Gasteiger partial charge on any atom is -0.490 e. The molecule has 24 heavy (non-hydrogen) atoms. The molecule has 0 aromatic heterocycles. The second kappa shape index (κ2) is 10.9. The van der Waals surface area contributed by atoms with Crippen LogP contribution in [0, 0.1) is 0 Å². The minimum absolute atomic E-state index is 0.00638. The molecule has 1 aromatic carbocycles. The topological polar surface area (TPSA) is 56.8 Å². The lowest BCUT2D eigenvalue weighted by Gasteiger charge is -2.21. The van der Waals surface area contributed by atoms with Crippen LogP contribution in [0.25, 0.3) is 0 Å². The van der Waals surface area contributed by atoms with Gasteiger partial charge in [0.25, 0.3) is 5.91 Å². The first kappa shape index (κ1) is 18.6. The number of amides is 1. The minimum atomic E-state index is -0.126. The lowest BCUT2D eigenvalue weighted by Crippen LogP contribution is -2.30. The molecule has 2 rings (SSSR count). The van der Waals surface area contributed by atoms with Gasteiger partial charge in [0.2, 0.25) is 0 Å². The number of rotatable bonds is 10. The molecule has 0 radical (unpaired) electrons. The first-order chi connectivity index (χ1) is 11.8. The Morgan fingerprint density at radius 1 is 1.12 bits per heavy atom. The summed E-state index contributed by atoms with van der Waals surface area (Å²) in [5.74, 6) is 1.13. The van der Waals surface area contributed by atoms with Gasteiger partial charge in [0.15, 0.2) is 18.1 Å². The van der Waals surface area contributed by atoms with Gasteiger partial charge in [0, 0.05) is 13.2 Å². The highest BCUT2D eigenvalue weighted by molar-refractivity contribution is 5.77. The zero-order chi connectivity index (χ0) is 17.0. The van der Waals surface area contributed by atoms with Gasteiger partial charge in [-0.15, -0.1) is 0 Å². The van der Waals surface area contributed by atoms with E-state index in [1.54, 1.807) is 6.07 Å². The van der Waals surface area contributed by atoms with E-state index in [-0.39, 0.29) is 12.5 Å². The zero-order valence-electron chi connectivity index (χ0n) is 14.6. The van der Waals surface area contributed by atoms with E-state index in [0.717, 1.165) is 6.42 Å². The molecule has 1 aliphatic carbocycles. The number of para-hydroxylation sites is 2. The van der Waals surface area contributed by atoms with Gasteiger partial charge in [0.1, 0.15) is 0 Å². The van der Waals surface area contributed by atoms with Gasteiger partial charge in [-0.2, -0.15) is 0 Å². The number of benzene rings is 1. The highest BCUT2D eigenvalue weighted by atomic mass is 16.5. The van der Waals surface area contributed by atoms with E-state index in [1.807, 2.05) is 25.1 Å². The van der Waals surface area contributed by atoms with E-state index >= 15 is 0 Å². The van der Waals surface area contributed by atoms with Crippen LogP contribution in [-0.2, 0) is 9.53 Å². The van der Waals surface area contributed by atoms with Gasteiger partial charge >= 0.3 is 0 Å². The monoisotopic (exact) mass is 335 g/mol. The summed E-state index contributed by atoms with van der Waals surface area (Å²) in [4.78, 5) is 11.8. The van der Waals surface area contributed by atoms with E-state index in [1.165, 1.54) is 32.1 Å². The Labute approximate surface area is 144 Å². The SMILES string of the molecule is CCOc1ccccc1OCC(=O)NCCCOC1CCCCC1. The van der Waals surface area contributed by atoms with Crippen molar-refractivity contribution in [3.05, 3.63) is 24.3 Å². The fraction of sp³-hybridized carbons (Fsp3) is 0.632. The van der Waals surface area contributed by atoms with Gasteiger partial charge in [-0.1, -0.05) is 31.4 Å². The lowest BCUT2D eigenvalue weighted by atomic mass is 9.98. The van der Waals surface area contributed by atoms with Gasteiger partial charge in [-0.05, 0) is 38.3 Å². The van der Waals surface area contributed by atoms with Gasteiger partial charge < -0.3 is 19.5 Å². The van der Waals surface area contributed by atoms with Crippen molar-refractivity contribution < 1.29 is 19.0 Å². The Bertz CT molecular complexity index is 486. The largest absolute Gasteiger partial charge is 0.490 e. The second-order valence-corrected chi connectivity index (χ2v) is 6.00. The van der Waals surface area contributed by atoms with Crippen molar-refractivity contribution in [3.8, 4) is 11.5 Å². The van der Waals surface area contributed by atoms with E-state index < -0.39 is 0 Å². The maximum atomic E-state index is 11.8. The highest BCUT2D eigenvalue weighted by Crippen LogP contribution is 2.26. The van der Waals surface area contributed by atoms with Crippen LogP contribution in [0.3, 0.4) is 0 Å². The Balaban J connectivity index is 1.56. The number of hydrogen-bond donors (Lipinski definition) is 1. The van der Waals surface area contributed by atoms with Crippen molar-refractivity contribution in [1.82, 2.24) is 5.32 Å². The van der Waals surface area contributed by atoms with Crippen LogP contribution in [0.15, 0.2) is 24.3 Å². The predicted octanol–water partition coefficient (Wildman–Crippen LogP) is 3.32. The number of carbonyl (C=O) groups is 1. The van der Waals surface area contributed by atoms with E-state index in [2.05, 4.69) is 5.32 Å². The summed E-state index contributed by atoms with van der Waals surface area (Å²) in [5.41, 5.74) is 0. The molecule has 0 bridgehead atoms. The van der Waals surface area contributed by atoms with Crippen LogP contribution in [0.2, 0.25) is 0 Å². The quantitative estimate of drug-likeness (QED) is 0.667. The summed E-state index contributed by atoms with van der Waals surface area (Å²) in [7, 11) is 0. The van der Waals surface area contributed by atoms with Gasteiger partial charge in [-0.3, -0.25) is 4.79 Å². The van der Waals surface area contributed by atoms with Crippen LogP contribution >= 0.6 is 0 Å². The fourth-order valence-electron chi connectivity index (χ4n) is 2.82. The van der Waals surface area contributed by atoms with Crippen LogP contribution in [-0.4, -0.2) is 38.4 Å². The van der Waals surface area contributed by atoms with Crippen molar-refractivity contribution in [2.75, 3.05) is 26.4 Å². The fourth-order valence-corrected chi connectivity index (χ4v) is 2.82. The summed E-state index contributed by atoms with van der Waals surface area (Å²) in [6.45, 7) is 3.79. The molecule has 0 heterocycles. The molecule has 1 saturated carbocycles. The third-order valence-electron chi connectivity index (χ3n) is 4.06. The first-order valence-corrected chi connectivity index (χ1v) is 9.02. The van der Waals surface area contributed by atoms with Gasteiger partial charge in [-0.25, -0.2) is 0 Å². The Hall–Kier alpha value is -1.75. The molecule has 0 aliphatic heterocycles. The van der Waals surface area contributed by atoms with E-state index in [9.17, 15) is 4.79 Å². The molecule has 1 amide bonds. The number of hydrogen-bond acceptors (Lipinski definition) is 4. The number of ether oxygens (including phenoxy) is 3. The van der Waals surface area contributed by atoms with E-state index in [4.69, 9.17) is 14.2 Å². The molecule has 0 atom stereocenters. The smallest absolute Gasteiger partial charge is 0.257 e. The molecule has 5 heteroatoms. The summed E-state index contributed by atoms with van der Waals surface area (Å²) in [6.07, 6.45) is 7.51.